The lowest BCUT2D eigenvalue weighted by Gasteiger charge is -2.23. The molecule has 0 bridgehead atoms. The second-order valence-electron chi connectivity index (χ2n) is 5.57. The number of anilines is 1. The molecule has 4 nitrogen and oxygen atoms in total. The van der Waals surface area contributed by atoms with E-state index in [9.17, 15) is 13.2 Å². The van der Waals surface area contributed by atoms with Crippen LogP contribution in [0.3, 0.4) is 0 Å². The van der Waals surface area contributed by atoms with Gasteiger partial charge in [0.1, 0.15) is 0 Å². The summed E-state index contributed by atoms with van der Waals surface area (Å²) in [6, 6.07) is 8.04. The van der Waals surface area contributed by atoms with Crippen LogP contribution >= 0.6 is 0 Å². The van der Waals surface area contributed by atoms with Crippen molar-refractivity contribution in [2.75, 3.05) is 10.7 Å². The third kappa shape index (κ3) is 2.38. The van der Waals surface area contributed by atoms with Gasteiger partial charge in [0.05, 0.1) is 5.75 Å². The maximum Gasteiger partial charge on any atom is 0.227 e. The molecule has 1 aromatic rings. The predicted octanol–water partition coefficient (Wildman–Crippen LogP) is 1.91. The third-order valence-electron chi connectivity index (χ3n) is 3.92. The summed E-state index contributed by atoms with van der Waals surface area (Å²) in [7, 11) is -3.09. The van der Waals surface area contributed by atoms with Gasteiger partial charge in [0.2, 0.25) is 5.91 Å². The SMILES string of the molecule is CC1Cc2ccccc2N1C(=O)CC1C=CS(=O)(=O)C1. The summed E-state index contributed by atoms with van der Waals surface area (Å²) in [5.41, 5.74) is 2.15. The van der Waals surface area contributed by atoms with E-state index in [0.717, 1.165) is 12.1 Å². The van der Waals surface area contributed by atoms with Crippen LogP contribution in [0.25, 0.3) is 0 Å². The van der Waals surface area contributed by atoms with Gasteiger partial charge in [0.25, 0.3) is 0 Å². The first kappa shape index (κ1) is 13.4. The second kappa shape index (κ2) is 4.74. The van der Waals surface area contributed by atoms with Crippen LogP contribution in [0.4, 0.5) is 5.69 Å². The van der Waals surface area contributed by atoms with Crippen LogP contribution < -0.4 is 4.90 Å². The lowest BCUT2D eigenvalue weighted by atomic mass is 10.1. The van der Waals surface area contributed by atoms with Gasteiger partial charge >= 0.3 is 0 Å². The standard InChI is InChI=1S/C15H17NO3S/c1-11-8-13-4-2-3-5-14(13)16(11)15(17)9-12-6-7-20(18,19)10-12/h2-7,11-12H,8-10H2,1H3. The van der Waals surface area contributed by atoms with Crippen LogP contribution in [0, 0.1) is 5.92 Å². The van der Waals surface area contributed by atoms with Crippen molar-refractivity contribution < 1.29 is 13.2 Å². The summed E-state index contributed by atoms with van der Waals surface area (Å²) < 4.78 is 22.8. The van der Waals surface area contributed by atoms with Crippen LogP contribution in [0.15, 0.2) is 35.7 Å². The van der Waals surface area contributed by atoms with Gasteiger partial charge in [-0.15, -0.1) is 0 Å². The molecule has 5 heteroatoms. The Morgan fingerprint density at radius 2 is 2.10 bits per heavy atom. The number of benzene rings is 1. The molecule has 0 spiro atoms. The zero-order valence-electron chi connectivity index (χ0n) is 11.3. The van der Waals surface area contributed by atoms with Crippen LogP contribution in [0.2, 0.25) is 0 Å². The van der Waals surface area contributed by atoms with E-state index < -0.39 is 9.84 Å². The average Bonchev–Trinajstić information content (AvgIpc) is 2.88. The summed E-state index contributed by atoms with van der Waals surface area (Å²) in [4.78, 5) is 14.3. The number of fused-ring (bicyclic) bond motifs is 1. The van der Waals surface area contributed by atoms with Crippen molar-refractivity contribution in [3.63, 3.8) is 0 Å². The van der Waals surface area contributed by atoms with E-state index in [1.165, 1.54) is 11.0 Å². The predicted molar refractivity (Wildman–Crippen MR) is 78.1 cm³/mol. The molecular weight excluding hydrogens is 274 g/mol. The number of rotatable bonds is 2. The van der Waals surface area contributed by atoms with E-state index in [2.05, 4.69) is 0 Å². The molecule has 0 N–H and O–H groups in total. The van der Waals surface area contributed by atoms with Gasteiger partial charge in [-0.25, -0.2) is 8.42 Å². The lowest BCUT2D eigenvalue weighted by molar-refractivity contribution is -0.119. The fourth-order valence-electron chi connectivity index (χ4n) is 3.04. The van der Waals surface area contributed by atoms with Gasteiger partial charge in [-0.05, 0) is 25.0 Å². The Morgan fingerprint density at radius 1 is 1.35 bits per heavy atom. The van der Waals surface area contributed by atoms with E-state index in [1.54, 1.807) is 6.08 Å². The molecule has 1 aromatic carbocycles. The number of sulfone groups is 1. The minimum Gasteiger partial charge on any atom is -0.309 e. The summed E-state index contributed by atoms with van der Waals surface area (Å²) >= 11 is 0. The van der Waals surface area contributed by atoms with E-state index in [1.807, 2.05) is 36.1 Å². The Labute approximate surface area is 119 Å². The van der Waals surface area contributed by atoms with Crippen LogP contribution in [-0.2, 0) is 21.1 Å². The van der Waals surface area contributed by atoms with Crippen LogP contribution in [0.5, 0.6) is 0 Å². The quantitative estimate of drug-likeness (QED) is 0.836. The van der Waals surface area contributed by atoms with Gasteiger partial charge in [0.15, 0.2) is 9.84 Å². The van der Waals surface area contributed by atoms with E-state index >= 15 is 0 Å². The van der Waals surface area contributed by atoms with Crippen molar-refractivity contribution in [1.29, 1.82) is 0 Å². The van der Waals surface area contributed by atoms with Crippen LogP contribution in [0.1, 0.15) is 18.9 Å². The molecule has 2 atom stereocenters. The lowest BCUT2D eigenvalue weighted by Crippen LogP contribution is -2.36. The van der Waals surface area contributed by atoms with Crippen LogP contribution in [-0.4, -0.2) is 26.1 Å². The van der Waals surface area contributed by atoms with E-state index in [4.69, 9.17) is 0 Å². The first-order valence-electron chi connectivity index (χ1n) is 6.77. The van der Waals surface area contributed by atoms with Crippen molar-refractivity contribution in [3.05, 3.63) is 41.3 Å². The molecular formula is C15H17NO3S. The summed E-state index contributed by atoms with van der Waals surface area (Å²) in [5.74, 6) is -0.121. The largest absolute Gasteiger partial charge is 0.309 e. The molecule has 20 heavy (non-hydrogen) atoms. The Hall–Kier alpha value is -1.62. The molecule has 0 saturated heterocycles. The minimum absolute atomic E-state index is 0.00852. The zero-order valence-corrected chi connectivity index (χ0v) is 12.1. The highest BCUT2D eigenvalue weighted by Crippen LogP contribution is 2.33. The van der Waals surface area contributed by atoms with Crippen molar-refractivity contribution >= 4 is 21.4 Å². The molecule has 2 unspecified atom stereocenters. The van der Waals surface area contributed by atoms with E-state index in [0.29, 0.717) is 0 Å². The van der Waals surface area contributed by atoms with Crippen molar-refractivity contribution in [3.8, 4) is 0 Å². The molecule has 2 aliphatic heterocycles. The molecule has 0 fully saturated rings. The highest BCUT2D eigenvalue weighted by Gasteiger charge is 2.33. The van der Waals surface area contributed by atoms with Crippen molar-refractivity contribution in [2.45, 2.75) is 25.8 Å². The Bertz CT molecular complexity index is 678. The molecule has 2 aliphatic rings. The number of nitrogens with zero attached hydrogens (tertiary/aromatic N) is 1. The summed E-state index contributed by atoms with van der Waals surface area (Å²) in [6.07, 6.45) is 2.76. The number of para-hydroxylation sites is 1. The number of hydrogen-bond donors (Lipinski definition) is 0. The highest BCUT2D eigenvalue weighted by molar-refractivity contribution is 7.94. The molecule has 1 amide bonds. The first-order valence-corrected chi connectivity index (χ1v) is 8.49. The smallest absolute Gasteiger partial charge is 0.227 e. The van der Waals surface area contributed by atoms with Gasteiger partial charge in [-0.3, -0.25) is 4.79 Å². The Morgan fingerprint density at radius 3 is 2.80 bits per heavy atom. The number of hydrogen-bond acceptors (Lipinski definition) is 3. The number of carbonyl (C=O) groups is 1. The molecule has 0 aliphatic carbocycles. The second-order valence-corrected chi connectivity index (χ2v) is 7.50. The molecule has 2 heterocycles. The number of carbonyl (C=O) groups excluding carboxylic acids is 1. The minimum atomic E-state index is -3.09. The monoisotopic (exact) mass is 291 g/mol. The first-order chi connectivity index (χ1) is 9.46. The number of amides is 1. The van der Waals surface area contributed by atoms with Crippen molar-refractivity contribution in [2.24, 2.45) is 5.92 Å². The fraction of sp³-hybridized carbons (Fsp3) is 0.400. The number of allylic oxidation sites excluding steroid dienone is 1. The Kier molecular flexibility index (Phi) is 3.17. The normalized spacial score (nSPS) is 26.8. The Balaban J connectivity index is 1.77. The molecule has 0 saturated carbocycles. The van der Waals surface area contributed by atoms with E-state index in [-0.39, 0.29) is 30.0 Å². The highest BCUT2D eigenvalue weighted by atomic mass is 32.2. The van der Waals surface area contributed by atoms with Gasteiger partial charge in [0, 0.05) is 29.5 Å². The maximum absolute atomic E-state index is 12.5. The van der Waals surface area contributed by atoms with Crippen molar-refractivity contribution in [1.82, 2.24) is 0 Å². The van der Waals surface area contributed by atoms with Gasteiger partial charge in [-0.2, -0.15) is 0 Å². The molecule has 0 aromatic heterocycles. The van der Waals surface area contributed by atoms with Gasteiger partial charge < -0.3 is 4.90 Å². The molecule has 3 rings (SSSR count). The zero-order chi connectivity index (χ0) is 14.3. The summed E-state index contributed by atoms with van der Waals surface area (Å²) in [5, 5.41) is 1.23. The average molecular weight is 291 g/mol. The molecule has 106 valence electrons. The topological polar surface area (TPSA) is 54.5 Å². The molecule has 0 radical (unpaired) electrons. The fourth-order valence-corrected chi connectivity index (χ4v) is 4.43. The summed E-state index contributed by atoms with van der Waals surface area (Å²) in [6.45, 7) is 2.03. The third-order valence-corrected chi connectivity index (χ3v) is 5.38. The van der Waals surface area contributed by atoms with Gasteiger partial charge in [-0.1, -0.05) is 24.3 Å². The maximum atomic E-state index is 12.5.